The molecule has 5 rings (SSSR count). The summed E-state index contributed by atoms with van der Waals surface area (Å²) >= 11 is 0. The van der Waals surface area contributed by atoms with Crippen LogP contribution in [-0.4, -0.2) is 75.0 Å². The van der Waals surface area contributed by atoms with Gasteiger partial charge in [0.15, 0.2) is 17.9 Å². The molecule has 1 fully saturated rings. The molecular weight excluding hydrogens is 498 g/mol. The number of fused-ring (bicyclic) bond motifs is 3. The second-order valence-corrected chi connectivity index (χ2v) is 10.1. The summed E-state index contributed by atoms with van der Waals surface area (Å²) in [5, 5.41) is 44.1. The van der Waals surface area contributed by atoms with Crippen molar-refractivity contribution in [3.63, 3.8) is 0 Å². The molecule has 1 saturated heterocycles. The summed E-state index contributed by atoms with van der Waals surface area (Å²) in [6, 6.07) is 3.75. The number of aliphatic hydroxyl groups excluding tert-OH is 1. The molecule has 0 radical (unpaired) electrons. The van der Waals surface area contributed by atoms with Crippen molar-refractivity contribution in [3.8, 4) is 17.2 Å². The van der Waals surface area contributed by atoms with Crippen LogP contribution in [0.4, 0.5) is 0 Å². The fraction of sp³-hybridized carbons (Fsp3) is 0.444. The monoisotopic (exact) mass is 527 g/mol. The molecule has 11 nitrogen and oxygen atoms in total. The smallest absolute Gasteiger partial charge is 0.202 e. The second kappa shape index (κ2) is 9.14. The molecule has 2 aliphatic carbocycles. The summed E-state index contributed by atoms with van der Waals surface area (Å²) in [6.07, 6.45) is -4.53. The molecule has 1 unspecified atom stereocenters. The van der Waals surface area contributed by atoms with Crippen LogP contribution >= 0.6 is 0 Å². The van der Waals surface area contributed by atoms with Crippen LogP contribution in [0.15, 0.2) is 18.2 Å². The second-order valence-electron chi connectivity index (χ2n) is 10.1. The maximum atomic E-state index is 13.6. The van der Waals surface area contributed by atoms with Gasteiger partial charge in [0.2, 0.25) is 5.78 Å². The number of aromatic hydroxyl groups is 2. The molecule has 6 atom stereocenters. The van der Waals surface area contributed by atoms with E-state index in [-0.39, 0.29) is 40.8 Å². The van der Waals surface area contributed by atoms with E-state index in [2.05, 4.69) is 0 Å². The number of methoxy groups -OCH3 is 1. The van der Waals surface area contributed by atoms with Crippen LogP contribution in [0, 0.1) is 0 Å². The lowest BCUT2D eigenvalue weighted by atomic mass is 9.72. The van der Waals surface area contributed by atoms with Gasteiger partial charge in [-0.25, -0.2) is 0 Å². The number of aliphatic hydroxyl groups is 2. The number of ether oxygens (including phenoxy) is 3. The van der Waals surface area contributed by atoms with Crippen LogP contribution in [0.2, 0.25) is 0 Å². The zero-order chi connectivity index (χ0) is 27.7. The van der Waals surface area contributed by atoms with Gasteiger partial charge in [0.1, 0.15) is 22.8 Å². The SMILES string of the molecule is COc1cccc2c1C(=O)c1c(O)c3c(c(O)c1C2=O)C[C@@](O)(C(C)=O)CC3O[C@H]1C[C@@H](N)[C@H](O)[C@H](C)O1. The fourth-order valence-electron chi connectivity index (χ4n) is 5.66. The number of carbonyl (C=O) groups is 3. The standard InChI is InChI=1S/C27H29NO10/c1-10-22(30)14(28)7-17(37-10)38-16-9-27(35,11(2)29)8-13-19(16)26(34)21-20(24(13)32)23(31)12-5-4-6-15(36-3)18(12)25(21)33/h4-6,10,14,16-17,22,30,32,34-35H,7-9,28H2,1-3H3/t10-,14+,16?,17-,22+,27-/m0/s1. The molecule has 38 heavy (non-hydrogen) atoms. The molecule has 6 N–H and O–H groups in total. The van der Waals surface area contributed by atoms with Gasteiger partial charge in [-0.1, -0.05) is 12.1 Å². The van der Waals surface area contributed by atoms with Crippen molar-refractivity contribution < 1.29 is 49.0 Å². The average molecular weight is 528 g/mol. The molecule has 0 amide bonds. The third-order valence-electron chi connectivity index (χ3n) is 7.80. The van der Waals surface area contributed by atoms with Crippen molar-refractivity contribution in [2.24, 2.45) is 5.73 Å². The quantitative estimate of drug-likeness (QED) is 0.305. The first-order valence-corrected chi connectivity index (χ1v) is 12.2. The highest BCUT2D eigenvalue weighted by Gasteiger charge is 2.49. The third-order valence-corrected chi connectivity index (χ3v) is 7.80. The van der Waals surface area contributed by atoms with E-state index in [4.69, 9.17) is 19.9 Å². The Hall–Kier alpha value is -3.35. The third kappa shape index (κ3) is 3.81. The number of Topliss-reactive ketones (excluding diaryl/α,β-unsaturated/α-hetero) is 1. The van der Waals surface area contributed by atoms with Crippen molar-refractivity contribution in [1.82, 2.24) is 0 Å². The lowest BCUT2D eigenvalue weighted by Gasteiger charge is -2.42. The molecule has 2 aromatic carbocycles. The van der Waals surface area contributed by atoms with E-state index in [0.29, 0.717) is 0 Å². The Morgan fingerprint density at radius 2 is 1.82 bits per heavy atom. The number of benzene rings is 2. The number of ketones is 3. The van der Waals surface area contributed by atoms with Crippen molar-refractivity contribution in [3.05, 3.63) is 51.6 Å². The topological polar surface area (TPSA) is 186 Å². The Balaban J connectivity index is 1.68. The van der Waals surface area contributed by atoms with Crippen molar-refractivity contribution in [1.29, 1.82) is 0 Å². The van der Waals surface area contributed by atoms with E-state index >= 15 is 0 Å². The molecule has 0 spiro atoms. The first-order chi connectivity index (χ1) is 17.9. The summed E-state index contributed by atoms with van der Waals surface area (Å²) in [5.41, 5.74) is 2.97. The Bertz CT molecular complexity index is 1360. The van der Waals surface area contributed by atoms with Crippen LogP contribution in [0.5, 0.6) is 17.2 Å². The van der Waals surface area contributed by atoms with Gasteiger partial charge in [0.25, 0.3) is 0 Å². The summed E-state index contributed by atoms with van der Waals surface area (Å²) in [5.74, 6) is -3.18. The van der Waals surface area contributed by atoms with Gasteiger partial charge in [0.05, 0.1) is 42.1 Å². The van der Waals surface area contributed by atoms with E-state index in [1.807, 2.05) is 0 Å². The number of rotatable bonds is 4. The molecule has 0 aromatic heterocycles. The molecule has 11 heteroatoms. The molecule has 1 heterocycles. The minimum Gasteiger partial charge on any atom is -0.507 e. The van der Waals surface area contributed by atoms with Crippen molar-refractivity contribution in [2.75, 3.05) is 7.11 Å². The average Bonchev–Trinajstić information content (AvgIpc) is 2.87. The van der Waals surface area contributed by atoms with Crippen LogP contribution in [0.1, 0.15) is 75.8 Å². The van der Waals surface area contributed by atoms with Crippen molar-refractivity contribution in [2.45, 2.75) is 69.4 Å². The van der Waals surface area contributed by atoms with Gasteiger partial charge >= 0.3 is 0 Å². The lowest BCUT2D eigenvalue weighted by Crippen LogP contribution is -2.52. The van der Waals surface area contributed by atoms with Crippen LogP contribution in [-0.2, 0) is 20.7 Å². The molecule has 2 aromatic rings. The number of phenolic OH excluding ortho intramolecular Hbond substituents is 2. The number of nitrogens with two attached hydrogens (primary N) is 1. The normalized spacial score (nSPS) is 30.3. The molecule has 202 valence electrons. The first kappa shape index (κ1) is 26.3. The van der Waals surface area contributed by atoms with E-state index in [1.165, 1.54) is 32.2 Å². The summed E-state index contributed by atoms with van der Waals surface area (Å²) in [7, 11) is 1.34. The summed E-state index contributed by atoms with van der Waals surface area (Å²) < 4.78 is 17.1. The van der Waals surface area contributed by atoms with Gasteiger partial charge in [-0.15, -0.1) is 0 Å². The van der Waals surface area contributed by atoms with E-state index in [0.717, 1.165) is 0 Å². The van der Waals surface area contributed by atoms with Crippen LogP contribution in [0.3, 0.4) is 0 Å². The van der Waals surface area contributed by atoms with Gasteiger partial charge < -0.3 is 40.4 Å². The summed E-state index contributed by atoms with van der Waals surface area (Å²) in [6.45, 7) is 2.79. The first-order valence-electron chi connectivity index (χ1n) is 12.2. The number of hydrogen-bond acceptors (Lipinski definition) is 11. The van der Waals surface area contributed by atoms with Crippen LogP contribution in [0.25, 0.3) is 0 Å². The Labute approximate surface area is 217 Å². The van der Waals surface area contributed by atoms with Gasteiger partial charge in [-0.05, 0) is 19.9 Å². The lowest BCUT2D eigenvalue weighted by molar-refractivity contribution is -0.247. The predicted octanol–water partition coefficient (Wildman–Crippen LogP) is 1.03. The summed E-state index contributed by atoms with van der Waals surface area (Å²) in [4.78, 5) is 39.6. The maximum absolute atomic E-state index is 13.6. The van der Waals surface area contributed by atoms with E-state index in [1.54, 1.807) is 6.92 Å². The van der Waals surface area contributed by atoms with Gasteiger partial charge in [0, 0.05) is 42.0 Å². The molecular formula is C27H29NO10. The molecule has 0 bridgehead atoms. The maximum Gasteiger partial charge on any atom is 0.202 e. The van der Waals surface area contributed by atoms with Gasteiger partial charge in [-0.2, -0.15) is 0 Å². The van der Waals surface area contributed by atoms with Crippen LogP contribution < -0.4 is 10.5 Å². The molecule has 3 aliphatic rings. The van der Waals surface area contributed by atoms with E-state index in [9.17, 15) is 34.8 Å². The van der Waals surface area contributed by atoms with Gasteiger partial charge in [-0.3, -0.25) is 14.4 Å². The van der Waals surface area contributed by atoms with Crippen molar-refractivity contribution >= 4 is 17.3 Å². The highest BCUT2D eigenvalue weighted by molar-refractivity contribution is 6.31. The molecule has 1 aliphatic heterocycles. The zero-order valence-electron chi connectivity index (χ0n) is 21.1. The predicted molar refractivity (Wildman–Crippen MR) is 130 cm³/mol. The largest absolute Gasteiger partial charge is 0.507 e. The highest BCUT2D eigenvalue weighted by atomic mass is 16.7. The zero-order valence-corrected chi connectivity index (χ0v) is 21.1. The minimum absolute atomic E-state index is 0.0147. The Morgan fingerprint density at radius 1 is 1.13 bits per heavy atom. The fourth-order valence-corrected chi connectivity index (χ4v) is 5.66. The minimum atomic E-state index is -2.00. The number of phenols is 2. The van der Waals surface area contributed by atoms with E-state index < -0.39 is 82.6 Å². The Morgan fingerprint density at radius 3 is 2.45 bits per heavy atom. The molecule has 0 saturated carbocycles. The Kier molecular flexibility index (Phi) is 6.32. The number of hydrogen-bond donors (Lipinski definition) is 5. The number of carbonyl (C=O) groups excluding carboxylic acids is 3. The highest BCUT2D eigenvalue weighted by Crippen LogP contribution is 2.52.